The zero-order valence-electron chi connectivity index (χ0n) is 11.4. The van der Waals surface area contributed by atoms with E-state index in [1.165, 1.54) is 18.2 Å². The number of nitrogens with two attached hydrogens (primary N) is 1. The molecule has 0 unspecified atom stereocenters. The Hall–Kier alpha value is -1.66. The van der Waals surface area contributed by atoms with Crippen molar-refractivity contribution in [1.29, 1.82) is 0 Å². The van der Waals surface area contributed by atoms with E-state index in [9.17, 15) is 9.18 Å². The summed E-state index contributed by atoms with van der Waals surface area (Å²) in [6.45, 7) is 2.59. The Bertz CT molecular complexity index is 481. The van der Waals surface area contributed by atoms with Gasteiger partial charge in [-0.2, -0.15) is 0 Å². The molecule has 1 amide bonds. The number of hydrogen-bond acceptors (Lipinski definition) is 4. The lowest BCUT2D eigenvalue weighted by atomic mass is 10.2. The molecule has 0 radical (unpaired) electrons. The van der Waals surface area contributed by atoms with E-state index in [2.05, 4.69) is 5.32 Å². The van der Waals surface area contributed by atoms with Gasteiger partial charge in [-0.3, -0.25) is 4.79 Å². The molecule has 3 N–H and O–H groups in total. The number of halogens is 1. The number of rotatable bonds is 5. The van der Waals surface area contributed by atoms with Crippen LogP contribution >= 0.6 is 0 Å². The smallest absolute Gasteiger partial charge is 0.253 e. The fourth-order valence-electron chi connectivity index (χ4n) is 2.16. The molecule has 0 aromatic heterocycles. The molecule has 1 fully saturated rings. The molecule has 6 heteroatoms. The Labute approximate surface area is 117 Å². The highest BCUT2D eigenvalue weighted by atomic mass is 19.1. The van der Waals surface area contributed by atoms with E-state index in [1.54, 1.807) is 6.92 Å². The Morgan fingerprint density at radius 3 is 3.00 bits per heavy atom. The first-order valence-corrected chi connectivity index (χ1v) is 6.72. The van der Waals surface area contributed by atoms with Crippen LogP contribution in [-0.4, -0.2) is 31.3 Å². The van der Waals surface area contributed by atoms with Gasteiger partial charge in [-0.25, -0.2) is 4.39 Å². The topological polar surface area (TPSA) is 73.6 Å². The van der Waals surface area contributed by atoms with Crippen LogP contribution in [0.1, 0.15) is 19.8 Å². The summed E-state index contributed by atoms with van der Waals surface area (Å²) < 4.78 is 24.0. The second-order valence-electron chi connectivity index (χ2n) is 4.62. The van der Waals surface area contributed by atoms with Gasteiger partial charge >= 0.3 is 0 Å². The van der Waals surface area contributed by atoms with Crippen LogP contribution in [0.25, 0.3) is 0 Å². The van der Waals surface area contributed by atoms with E-state index in [-0.39, 0.29) is 12.0 Å². The Kier molecular flexibility index (Phi) is 4.92. The SMILES string of the molecule is CCOc1cc(F)ccc1NC(=O)[C@@H]1CC[C@H](CN)O1. The van der Waals surface area contributed by atoms with E-state index >= 15 is 0 Å². The zero-order chi connectivity index (χ0) is 14.5. The first-order valence-electron chi connectivity index (χ1n) is 6.72. The van der Waals surface area contributed by atoms with Crippen molar-refractivity contribution in [2.24, 2.45) is 5.73 Å². The molecule has 1 aromatic carbocycles. The molecule has 0 bridgehead atoms. The zero-order valence-corrected chi connectivity index (χ0v) is 11.4. The summed E-state index contributed by atoms with van der Waals surface area (Å²) in [4.78, 5) is 12.1. The minimum absolute atomic E-state index is 0.0645. The van der Waals surface area contributed by atoms with E-state index < -0.39 is 11.9 Å². The molecule has 20 heavy (non-hydrogen) atoms. The number of amides is 1. The van der Waals surface area contributed by atoms with E-state index in [0.717, 1.165) is 6.42 Å². The van der Waals surface area contributed by atoms with Gasteiger partial charge in [0.05, 0.1) is 18.4 Å². The lowest BCUT2D eigenvalue weighted by Gasteiger charge is -2.15. The molecule has 1 heterocycles. The Morgan fingerprint density at radius 1 is 1.55 bits per heavy atom. The molecule has 110 valence electrons. The molecule has 5 nitrogen and oxygen atoms in total. The van der Waals surface area contributed by atoms with Gasteiger partial charge in [0.2, 0.25) is 0 Å². The summed E-state index contributed by atoms with van der Waals surface area (Å²) in [5.74, 6) is -0.352. The molecule has 1 aromatic rings. The molecule has 1 aliphatic heterocycles. The Balaban J connectivity index is 2.04. The number of anilines is 1. The summed E-state index contributed by atoms with van der Waals surface area (Å²) in [5, 5.41) is 2.71. The van der Waals surface area contributed by atoms with Gasteiger partial charge in [-0.1, -0.05) is 0 Å². The maximum atomic E-state index is 13.2. The van der Waals surface area contributed by atoms with Crippen molar-refractivity contribution < 1.29 is 18.7 Å². The van der Waals surface area contributed by atoms with Gasteiger partial charge in [0.1, 0.15) is 17.7 Å². The van der Waals surface area contributed by atoms with Crippen molar-refractivity contribution in [2.75, 3.05) is 18.5 Å². The normalized spacial score (nSPS) is 21.8. The Morgan fingerprint density at radius 2 is 2.35 bits per heavy atom. The first-order chi connectivity index (χ1) is 9.63. The van der Waals surface area contributed by atoms with Crippen LogP contribution in [0.2, 0.25) is 0 Å². The second kappa shape index (κ2) is 6.67. The average Bonchev–Trinajstić information content (AvgIpc) is 2.91. The highest BCUT2D eigenvalue weighted by molar-refractivity contribution is 5.95. The lowest BCUT2D eigenvalue weighted by molar-refractivity contribution is -0.126. The van der Waals surface area contributed by atoms with Crippen molar-refractivity contribution in [2.45, 2.75) is 32.0 Å². The van der Waals surface area contributed by atoms with Gasteiger partial charge in [0, 0.05) is 12.6 Å². The quantitative estimate of drug-likeness (QED) is 0.861. The number of benzene rings is 1. The molecule has 1 aliphatic rings. The van der Waals surface area contributed by atoms with Crippen molar-refractivity contribution in [3.05, 3.63) is 24.0 Å². The van der Waals surface area contributed by atoms with Crippen molar-refractivity contribution in [3.63, 3.8) is 0 Å². The first kappa shape index (κ1) is 14.7. The third-order valence-corrected chi connectivity index (χ3v) is 3.16. The van der Waals surface area contributed by atoms with Gasteiger partial charge in [0.25, 0.3) is 5.91 Å². The van der Waals surface area contributed by atoms with Crippen LogP contribution in [0.4, 0.5) is 10.1 Å². The number of carbonyl (C=O) groups excluding carboxylic acids is 1. The predicted molar refractivity (Wildman–Crippen MR) is 73.1 cm³/mol. The number of ether oxygens (including phenoxy) is 2. The largest absolute Gasteiger partial charge is 0.492 e. The second-order valence-corrected chi connectivity index (χ2v) is 4.62. The number of nitrogens with one attached hydrogen (secondary N) is 1. The molecule has 2 rings (SSSR count). The van der Waals surface area contributed by atoms with Crippen molar-refractivity contribution in [1.82, 2.24) is 0 Å². The molecular weight excluding hydrogens is 263 g/mol. The fraction of sp³-hybridized carbons (Fsp3) is 0.500. The van der Waals surface area contributed by atoms with Crippen molar-refractivity contribution in [3.8, 4) is 5.75 Å². The average molecular weight is 282 g/mol. The molecule has 0 spiro atoms. The molecule has 1 saturated heterocycles. The van der Waals surface area contributed by atoms with Crippen LogP contribution in [-0.2, 0) is 9.53 Å². The van der Waals surface area contributed by atoms with Crippen LogP contribution in [0.15, 0.2) is 18.2 Å². The summed E-state index contributed by atoms with van der Waals surface area (Å²) in [5.41, 5.74) is 5.95. The standard InChI is InChI=1S/C14H19FN2O3/c1-2-19-13-7-9(15)3-5-11(13)17-14(18)12-6-4-10(8-16)20-12/h3,5,7,10,12H,2,4,6,8,16H2,1H3,(H,17,18)/t10-,12+/m1/s1. The van der Waals surface area contributed by atoms with Gasteiger partial charge in [0.15, 0.2) is 0 Å². The maximum Gasteiger partial charge on any atom is 0.253 e. The minimum atomic E-state index is -0.511. The number of carbonyl (C=O) groups is 1. The highest BCUT2D eigenvalue weighted by Gasteiger charge is 2.30. The van der Waals surface area contributed by atoms with E-state index in [0.29, 0.717) is 31.0 Å². The third-order valence-electron chi connectivity index (χ3n) is 3.16. The molecule has 2 atom stereocenters. The van der Waals surface area contributed by atoms with Gasteiger partial charge < -0.3 is 20.5 Å². The van der Waals surface area contributed by atoms with Crippen LogP contribution in [0, 0.1) is 5.82 Å². The molecular formula is C14H19FN2O3. The number of hydrogen-bond donors (Lipinski definition) is 2. The third kappa shape index (κ3) is 3.46. The monoisotopic (exact) mass is 282 g/mol. The van der Waals surface area contributed by atoms with E-state index in [4.69, 9.17) is 15.2 Å². The van der Waals surface area contributed by atoms with Crippen molar-refractivity contribution >= 4 is 11.6 Å². The van der Waals surface area contributed by atoms with Crippen LogP contribution in [0.5, 0.6) is 5.75 Å². The predicted octanol–water partition coefficient (Wildman–Crippen LogP) is 1.67. The lowest BCUT2D eigenvalue weighted by Crippen LogP contribution is -2.30. The maximum absolute atomic E-state index is 13.2. The van der Waals surface area contributed by atoms with Gasteiger partial charge in [-0.05, 0) is 31.9 Å². The summed E-state index contributed by atoms with van der Waals surface area (Å²) >= 11 is 0. The highest BCUT2D eigenvalue weighted by Crippen LogP contribution is 2.27. The van der Waals surface area contributed by atoms with Gasteiger partial charge in [-0.15, -0.1) is 0 Å². The van der Waals surface area contributed by atoms with Crippen LogP contribution in [0.3, 0.4) is 0 Å². The molecule has 0 saturated carbocycles. The molecule has 0 aliphatic carbocycles. The summed E-state index contributed by atoms with van der Waals surface area (Å²) in [6.07, 6.45) is 0.836. The fourth-order valence-corrected chi connectivity index (χ4v) is 2.16. The van der Waals surface area contributed by atoms with E-state index in [1.807, 2.05) is 0 Å². The summed E-state index contributed by atoms with van der Waals surface area (Å²) in [6, 6.07) is 4.00. The minimum Gasteiger partial charge on any atom is -0.492 e. The van der Waals surface area contributed by atoms with Crippen LogP contribution < -0.4 is 15.8 Å². The summed E-state index contributed by atoms with van der Waals surface area (Å²) in [7, 11) is 0.